The number of hydrogen-bond acceptors (Lipinski definition) is 2. The molecular weight excluding hydrogens is 308 g/mol. The predicted octanol–water partition coefficient (Wildman–Crippen LogP) is 5.25. The molecule has 0 amide bonds. The van der Waals surface area contributed by atoms with Gasteiger partial charge < -0.3 is 10.3 Å². The highest BCUT2D eigenvalue weighted by molar-refractivity contribution is 5.90. The summed E-state index contributed by atoms with van der Waals surface area (Å²) in [5.74, 6) is 0.707. The lowest BCUT2D eigenvalue weighted by atomic mass is 10.0. The predicted molar refractivity (Wildman–Crippen MR) is 104 cm³/mol. The summed E-state index contributed by atoms with van der Waals surface area (Å²) in [5.41, 5.74) is 4.52. The van der Waals surface area contributed by atoms with Gasteiger partial charge in [-0.1, -0.05) is 60.2 Å². The average Bonchev–Trinajstić information content (AvgIpc) is 2.65. The second-order valence-electron chi connectivity index (χ2n) is 6.11. The van der Waals surface area contributed by atoms with E-state index in [1.807, 2.05) is 78.9 Å². The number of hydrogen-bond donors (Lipinski definition) is 2. The van der Waals surface area contributed by atoms with Crippen LogP contribution in [-0.2, 0) is 0 Å². The monoisotopic (exact) mass is 326 g/mol. The molecule has 0 spiro atoms. The molecule has 2 N–H and O–H groups in total. The fourth-order valence-corrected chi connectivity index (χ4v) is 2.99. The van der Waals surface area contributed by atoms with Crippen molar-refractivity contribution in [1.82, 2.24) is 4.98 Å². The van der Waals surface area contributed by atoms with Crippen LogP contribution in [0.15, 0.2) is 83.7 Å². The van der Waals surface area contributed by atoms with Crippen molar-refractivity contribution >= 4 is 22.4 Å². The summed E-state index contributed by atoms with van der Waals surface area (Å²) in [4.78, 5) is 16.5. The standard InChI is InChI=1S/C22H18N2O/c1-15-11-13-17(14-12-15)23-22-20(16-7-3-2-4-8-16)21(25)18-9-5-6-10-19(18)24-22/h2-14H,1H3,(H2,23,24,25). The van der Waals surface area contributed by atoms with Crippen LogP contribution in [0, 0.1) is 6.92 Å². The highest BCUT2D eigenvalue weighted by atomic mass is 16.1. The third-order valence-corrected chi connectivity index (χ3v) is 4.29. The summed E-state index contributed by atoms with van der Waals surface area (Å²) in [5, 5.41) is 4.07. The minimum absolute atomic E-state index is 0.0233. The minimum atomic E-state index is 0.0233. The number of pyridine rings is 1. The van der Waals surface area contributed by atoms with Gasteiger partial charge in [-0.05, 0) is 36.8 Å². The Morgan fingerprint density at radius 2 is 1.48 bits per heavy atom. The number of aromatic nitrogens is 1. The van der Waals surface area contributed by atoms with E-state index in [-0.39, 0.29) is 5.43 Å². The first-order valence-corrected chi connectivity index (χ1v) is 8.26. The molecule has 3 heteroatoms. The molecule has 0 aliphatic rings. The number of benzene rings is 3. The first-order chi connectivity index (χ1) is 12.2. The summed E-state index contributed by atoms with van der Waals surface area (Å²) in [6.07, 6.45) is 0. The highest BCUT2D eigenvalue weighted by Gasteiger charge is 2.14. The van der Waals surface area contributed by atoms with E-state index in [9.17, 15) is 4.79 Å². The van der Waals surface area contributed by atoms with Crippen LogP contribution in [0.25, 0.3) is 22.0 Å². The smallest absolute Gasteiger partial charge is 0.199 e. The van der Waals surface area contributed by atoms with Crippen molar-refractivity contribution < 1.29 is 0 Å². The van der Waals surface area contributed by atoms with Gasteiger partial charge in [-0.3, -0.25) is 4.79 Å². The topological polar surface area (TPSA) is 44.9 Å². The molecule has 0 fully saturated rings. The van der Waals surface area contributed by atoms with Crippen molar-refractivity contribution in [3.8, 4) is 11.1 Å². The summed E-state index contributed by atoms with van der Waals surface area (Å²) in [7, 11) is 0. The molecule has 3 nitrogen and oxygen atoms in total. The maximum Gasteiger partial charge on any atom is 0.199 e. The van der Waals surface area contributed by atoms with Crippen molar-refractivity contribution in [2.75, 3.05) is 5.32 Å². The molecule has 4 rings (SSSR count). The van der Waals surface area contributed by atoms with Gasteiger partial charge in [0.2, 0.25) is 0 Å². The lowest BCUT2D eigenvalue weighted by Crippen LogP contribution is -2.11. The van der Waals surface area contributed by atoms with Crippen LogP contribution in [0.4, 0.5) is 11.5 Å². The fourth-order valence-electron chi connectivity index (χ4n) is 2.99. The van der Waals surface area contributed by atoms with E-state index in [1.54, 1.807) is 0 Å². The van der Waals surface area contributed by atoms with Crippen LogP contribution in [0.2, 0.25) is 0 Å². The molecule has 3 aromatic carbocycles. The van der Waals surface area contributed by atoms with E-state index >= 15 is 0 Å². The fraction of sp³-hybridized carbons (Fsp3) is 0.0455. The third kappa shape index (κ3) is 2.92. The molecule has 0 bridgehead atoms. The Kier molecular flexibility index (Phi) is 3.82. The minimum Gasteiger partial charge on any atom is -0.341 e. The van der Waals surface area contributed by atoms with E-state index in [0.29, 0.717) is 16.8 Å². The molecule has 0 aliphatic heterocycles. The van der Waals surface area contributed by atoms with Gasteiger partial charge in [0.25, 0.3) is 0 Å². The van der Waals surface area contributed by atoms with E-state index in [2.05, 4.69) is 17.2 Å². The molecule has 0 saturated carbocycles. The number of rotatable bonds is 3. The van der Waals surface area contributed by atoms with E-state index in [4.69, 9.17) is 0 Å². The summed E-state index contributed by atoms with van der Waals surface area (Å²) < 4.78 is 0. The molecule has 122 valence electrons. The molecule has 0 saturated heterocycles. The SMILES string of the molecule is Cc1ccc(Nc2[nH]c3ccccc3c(=O)c2-c2ccccc2)cc1. The number of anilines is 2. The number of H-pyrrole nitrogens is 1. The second kappa shape index (κ2) is 6.29. The maximum absolute atomic E-state index is 13.1. The molecule has 1 aromatic heterocycles. The summed E-state index contributed by atoms with van der Waals surface area (Å²) in [6.45, 7) is 2.05. The van der Waals surface area contributed by atoms with Crippen LogP contribution in [0.5, 0.6) is 0 Å². The van der Waals surface area contributed by atoms with Crippen LogP contribution in [0.3, 0.4) is 0 Å². The van der Waals surface area contributed by atoms with E-state index in [1.165, 1.54) is 5.56 Å². The quantitative estimate of drug-likeness (QED) is 0.540. The largest absolute Gasteiger partial charge is 0.341 e. The van der Waals surface area contributed by atoms with Gasteiger partial charge in [0, 0.05) is 11.1 Å². The van der Waals surface area contributed by atoms with E-state index < -0.39 is 0 Å². The van der Waals surface area contributed by atoms with E-state index in [0.717, 1.165) is 16.8 Å². The molecule has 0 aliphatic carbocycles. The number of aryl methyl sites for hydroxylation is 1. The lowest BCUT2D eigenvalue weighted by Gasteiger charge is -2.14. The Balaban J connectivity index is 1.95. The van der Waals surface area contributed by atoms with Crippen molar-refractivity contribution in [3.63, 3.8) is 0 Å². The second-order valence-corrected chi connectivity index (χ2v) is 6.11. The van der Waals surface area contributed by atoms with Crippen molar-refractivity contribution in [1.29, 1.82) is 0 Å². The zero-order valence-electron chi connectivity index (χ0n) is 13.9. The molecule has 4 aromatic rings. The first kappa shape index (κ1) is 15.2. The molecule has 25 heavy (non-hydrogen) atoms. The van der Waals surface area contributed by atoms with Gasteiger partial charge in [0.15, 0.2) is 5.43 Å². The van der Waals surface area contributed by atoms with Gasteiger partial charge in [-0.15, -0.1) is 0 Å². The first-order valence-electron chi connectivity index (χ1n) is 8.26. The van der Waals surface area contributed by atoms with Gasteiger partial charge in [0.05, 0.1) is 11.1 Å². The molecule has 1 heterocycles. The summed E-state index contributed by atoms with van der Waals surface area (Å²) >= 11 is 0. The average molecular weight is 326 g/mol. The Morgan fingerprint density at radius 3 is 2.24 bits per heavy atom. The Labute approximate surface area is 146 Å². The maximum atomic E-state index is 13.1. The van der Waals surface area contributed by atoms with Crippen molar-refractivity contribution in [2.24, 2.45) is 0 Å². The summed E-state index contributed by atoms with van der Waals surface area (Å²) in [6, 6.07) is 25.5. The Morgan fingerprint density at radius 1 is 0.800 bits per heavy atom. The Bertz CT molecular complexity index is 1080. The molecule has 0 radical (unpaired) electrons. The van der Waals surface area contributed by atoms with Gasteiger partial charge in [-0.2, -0.15) is 0 Å². The number of aromatic amines is 1. The highest BCUT2D eigenvalue weighted by Crippen LogP contribution is 2.28. The van der Waals surface area contributed by atoms with Crippen molar-refractivity contribution in [3.05, 3.63) is 94.6 Å². The van der Waals surface area contributed by atoms with Crippen LogP contribution in [0.1, 0.15) is 5.56 Å². The van der Waals surface area contributed by atoms with Gasteiger partial charge in [0.1, 0.15) is 5.82 Å². The molecular formula is C22H18N2O. The molecule has 0 atom stereocenters. The van der Waals surface area contributed by atoms with Gasteiger partial charge in [-0.25, -0.2) is 0 Å². The number of fused-ring (bicyclic) bond motifs is 1. The number of para-hydroxylation sites is 1. The Hall–Kier alpha value is -3.33. The zero-order valence-corrected chi connectivity index (χ0v) is 13.9. The van der Waals surface area contributed by atoms with Crippen molar-refractivity contribution in [2.45, 2.75) is 6.92 Å². The van der Waals surface area contributed by atoms with Crippen LogP contribution < -0.4 is 10.7 Å². The lowest BCUT2D eigenvalue weighted by molar-refractivity contribution is 1.35. The normalized spacial score (nSPS) is 10.8. The van der Waals surface area contributed by atoms with Crippen LogP contribution >= 0.6 is 0 Å². The zero-order chi connectivity index (χ0) is 17.2. The third-order valence-electron chi connectivity index (χ3n) is 4.29. The van der Waals surface area contributed by atoms with Crippen LogP contribution in [-0.4, -0.2) is 4.98 Å². The molecule has 0 unspecified atom stereocenters. The van der Waals surface area contributed by atoms with Gasteiger partial charge >= 0.3 is 0 Å². The number of nitrogens with one attached hydrogen (secondary N) is 2.